The third-order valence-corrected chi connectivity index (χ3v) is 3.53. The van der Waals surface area contributed by atoms with Crippen molar-refractivity contribution in [1.82, 2.24) is 15.1 Å². The summed E-state index contributed by atoms with van der Waals surface area (Å²) in [4.78, 5) is 0. The molecule has 1 N–H and O–H groups in total. The van der Waals surface area contributed by atoms with Crippen molar-refractivity contribution in [3.05, 3.63) is 17.5 Å². The Morgan fingerprint density at radius 3 is 2.56 bits per heavy atom. The minimum Gasteiger partial charge on any atom is -0.310 e. The number of hydrogen-bond acceptors (Lipinski definition) is 2. The van der Waals surface area contributed by atoms with Crippen molar-refractivity contribution in [3.63, 3.8) is 0 Å². The summed E-state index contributed by atoms with van der Waals surface area (Å²) in [6.45, 7) is 10.1. The molecule has 0 aliphatic rings. The van der Waals surface area contributed by atoms with Gasteiger partial charge in [0.2, 0.25) is 0 Å². The predicted octanol–water partition coefficient (Wildman–Crippen LogP) is 3.46. The van der Waals surface area contributed by atoms with Gasteiger partial charge in [0.1, 0.15) is 0 Å². The van der Waals surface area contributed by atoms with Gasteiger partial charge in [-0.05, 0) is 31.7 Å². The van der Waals surface area contributed by atoms with E-state index in [0.29, 0.717) is 12.0 Å². The molecule has 3 heteroatoms. The Morgan fingerprint density at radius 1 is 1.28 bits per heavy atom. The smallest absolute Gasteiger partial charge is 0.0669 e. The number of nitrogens with one attached hydrogen (secondary N) is 1. The molecule has 0 aliphatic heterocycles. The molecule has 0 radical (unpaired) electrons. The molecule has 0 amide bonds. The minimum atomic E-state index is 0.452. The topological polar surface area (TPSA) is 29.9 Å². The first-order valence-corrected chi connectivity index (χ1v) is 7.39. The lowest BCUT2D eigenvalue weighted by atomic mass is 9.90. The van der Waals surface area contributed by atoms with Crippen LogP contribution < -0.4 is 5.32 Å². The summed E-state index contributed by atoms with van der Waals surface area (Å²) in [5, 5.41) is 8.28. The average Bonchev–Trinajstić information content (AvgIpc) is 2.71. The average molecular weight is 251 g/mol. The first-order chi connectivity index (χ1) is 8.63. The second-order valence-electron chi connectivity index (χ2n) is 5.26. The maximum absolute atomic E-state index is 4.58. The summed E-state index contributed by atoms with van der Waals surface area (Å²) in [6, 6.07) is 0.452. The molecule has 0 bridgehead atoms. The first kappa shape index (κ1) is 15.2. The zero-order valence-corrected chi connectivity index (χ0v) is 12.7. The molecule has 0 aromatic carbocycles. The van der Waals surface area contributed by atoms with Gasteiger partial charge in [0, 0.05) is 24.8 Å². The zero-order chi connectivity index (χ0) is 13.5. The van der Waals surface area contributed by atoms with Crippen LogP contribution in [-0.4, -0.2) is 16.3 Å². The molecule has 0 saturated carbocycles. The molecule has 0 saturated heterocycles. The predicted molar refractivity (Wildman–Crippen MR) is 77.7 cm³/mol. The van der Waals surface area contributed by atoms with Crippen LogP contribution in [0, 0.1) is 5.92 Å². The standard InChI is InChI=1S/C15H29N3/c1-6-9-12(4)15(16-10-7-2)13-11-18(5)17-14(13)8-3/h11-12,15-16H,6-10H2,1-5H3. The quantitative estimate of drug-likeness (QED) is 0.767. The fraction of sp³-hybridized carbons (Fsp3) is 0.800. The van der Waals surface area contributed by atoms with Crippen molar-refractivity contribution < 1.29 is 0 Å². The fourth-order valence-electron chi connectivity index (χ4n) is 2.63. The number of aryl methyl sites for hydroxylation is 2. The van der Waals surface area contributed by atoms with E-state index in [4.69, 9.17) is 0 Å². The van der Waals surface area contributed by atoms with Crippen LogP contribution in [0.3, 0.4) is 0 Å². The van der Waals surface area contributed by atoms with Crippen LogP contribution in [0.15, 0.2) is 6.20 Å². The van der Waals surface area contributed by atoms with Crippen LogP contribution in [-0.2, 0) is 13.5 Å². The molecule has 104 valence electrons. The van der Waals surface area contributed by atoms with Gasteiger partial charge in [-0.2, -0.15) is 5.10 Å². The van der Waals surface area contributed by atoms with Crippen molar-refractivity contribution in [2.75, 3.05) is 6.54 Å². The van der Waals surface area contributed by atoms with E-state index in [1.54, 1.807) is 0 Å². The lowest BCUT2D eigenvalue weighted by Gasteiger charge is -2.25. The molecule has 1 rings (SSSR count). The van der Waals surface area contributed by atoms with Gasteiger partial charge < -0.3 is 5.32 Å². The third kappa shape index (κ3) is 3.84. The van der Waals surface area contributed by atoms with E-state index in [1.807, 2.05) is 11.7 Å². The van der Waals surface area contributed by atoms with Gasteiger partial charge in [-0.25, -0.2) is 0 Å². The molecular weight excluding hydrogens is 222 g/mol. The lowest BCUT2D eigenvalue weighted by Crippen LogP contribution is -2.28. The van der Waals surface area contributed by atoms with Crippen LogP contribution in [0.4, 0.5) is 0 Å². The maximum atomic E-state index is 4.58. The van der Waals surface area contributed by atoms with Crippen LogP contribution in [0.2, 0.25) is 0 Å². The lowest BCUT2D eigenvalue weighted by molar-refractivity contribution is 0.361. The Kier molecular flexibility index (Phi) is 6.41. The van der Waals surface area contributed by atoms with Gasteiger partial charge in [-0.15, -0.1) is 0 Å². The van der Waals surface area contributed by atoms with Gasteiger partial charge in [-0.1, -0.05) is 34.1 Å². The third-order valence-electron chi connectivity index (χ3n) is 3.53. The Hall–Kier alpha value is -0.830. The Balaban J connectivity index is 2.92. The molecule has 0 aliphatic carbocycles. The largest absolute Gasteiger partial charge is 0.310 e. The van der Waals surface area contributed by atoms with Gasteiger partial charge in [-0.3, -0.25) is 4.68 Å². The van der Waals surface area contributed by atoms with Crippen molar-refractivity contribution >= 4 is 0 Å². The summed E-state index contributed by atoms with van der Waals surface area (Å²) in [5.74, 6) is 0.663. The Morgan fingerprint density at radius 2 is 2.00 bits per heavy atom. The van der Waals surface area contributed by atoms with Crippen molar-refractivity contribution in [1.29, 1.82) is 0 Å². The van der Waals surface area contributed by atoms with E-state index in [9.17, 15) is 0 Å². The van der Waals surface area contributed by atoms with Crippen LogP contribution in [0.1, 0.15) is 64.3 Å². The molecule has 1 aromatic heterocycles. The van der Waals surface area contributed by atoms with Crippen molar-refractivity contribution in [2.45, 2.75) is 59.4 Å². The van der Waals surface area contributed by atoms with Gasteiger partial charge in [0.05, 0.1) is 5.69 Å². The SMILES string of the molecule is CCCNC(c1cn(C)nc1CC)C(C)CCC. The summed E-state index contributed by atoms with van der Waals surface area (Å²) in [7, 11) is 2.02. The molecule has 1 heterocycles. The number of rotatable bonds is 8. The zero-order valence-electron chi connectivity index (χ0n) is 12.7. The minimum absolute atomic E-state index is 0.452. The molecule has 2 atom stereocenters. The normalized spacial score (nSPS) is 14.7. The highest BCUT2D eigenvalue weighted by Gasteiger charge is 2.22. The Labute approximate surface area is 112 Å². The number of nitrogens with zero attached hydrogens (tertiary/aromatic N) is 2. The number of hydrogen-bond donors (Lipinski definition) is 1. The highest BCUT2D eigenvalue weighted by Crippen LogP contribution is 2.28. The van der Waals surface area contributed by atoms with E-state index in [1.165, 1.54) is 30.5 Å². The number of aromatic nitrogens is 2. The molecule has 18 heavy (non-hydrogen) atoms. The van der Waals surface area contributed by atoms with Crippen LogP contribution >= 0.6 is 0 Å². The van der Waals surface area contributed by atoms with E-state index >= 15 is 0 Å². The molecule has 0 spiro atoms. The summed E-state index contributed by atoms with van der Waals surface area (Å²) < 4.78 is 1.95. The van der Waals surface area contributed by atoms with Crippen molar-refractivity contribution in [2.24, 2.45) is 13.0 Å². The van der Waals surface area contributed by atoms with Gasteiger partial charge in [0.25, 0.3) is 0 Å². The van der Waals surface area contributed by atoms with Gasteiger partial charge >= 0.3 is 0 Å². The van der Waals surface area contributed by atoms with E-state index in [0.717, 1.165) is 13.0 Å². The molecule has 3 nitrogen and oxygen atoms in total. The molecule has 1 aromatic rings. The van der Waals surface area contributed by atoms with E-state index < -0.39 is 0 Å². The second kappa shape index (κ2) is 7.57. The first-order valence-electron chi connectivity index (χ1n) is 7.39. The van der Waals surface area contributed by atoms with E-state index in [2.05, 4.69) is 44.3 Å². The summed E-state index contributed by atoms with van der Waals surface area (Å²) >= 11 is 0. The second-order valence-corrected chi connectivity index (χ2v) is 5.26. The molecular formula is C15H29N3. The maximum Gasteiger partial charge on any atom is 0.0669 e. The molecule has 2 unspecified atom stereocenters. The Bertz CT molecular complexity index is 344. The fourth-order valence-corrected chi connectivity index (χ4v) is 2.63. The highest BCUT2D eigenvalue weighted by atomic mass is 15.3. The molecule has 0 fully saturated rings. The van der Waals surface area contributed by atoms with Gasteiger partial charge in [0.15, 0.2) is 0 Å². The van der Waals surface area contributed by atoms with E-state index in [-0.39, 0.29) is 0 Å². The monoisotopic (exact) mass is 251 g/mol. The summed E-state index contributed by atoms with van der Waals surface area (Å²) in [5.41, 5.74) is 2.64. The van der Waals surface area contributed by atoms with Crippen LogP contribution in [0.25, 0.3) is 0 Å². The van der Waals surface area contributed by atoms with Crippen LogP contribution in [0.5, 0.6) is 0 Å². The highest BCUT2D eigenvalue weighted by molar-refractivity contribution is 5.22. The van der Waals surface area contributed by atoms with Crippen molar-refractivity contribution in [3.8, 4) is 0 Å². The summed E-state index contributed by atoms with van der Waals surface area (Å²) in [6.07, 6.45) is 6.89.